The van der Waals surface area contributed by atoms with E-state index in [4.69, 9.17) is 14.4 Å². The number of piperidine rings is 1. The predicted octanol–water partition coefficient (Wildman–Crippen LogP) is 5.31. The molecule has 1 saturated carbocycles. The third-order valence-corrected chi connectivity index (χ3v) is 7.38. The van der Waals surface area contributed by atoms with E-state index in [-0.39, 0.29) is 47.5 Å². The fourth-order valence-corrected chi connectivity index (χ4v) is 5.55. The number of carboxylic acids is 1. The summed E-state index contributed by atoms with van der Waals surface area (Å²) in [5.74, 6) is -0.654. The first-order valence-electron chi connectivity index (χ1n) is 12.0. The van der Waals surface area contributed by atoms with E-state index in [0.717, 1.165) is 44.3 Å². The Morgan fingerprint density at radius 1 is 1.09 bits per heavy atom. The van der Waals surface area contributed by atoms with E-state index >= 15 is 0 Å². The number of pyridine rings is 1. The Balaban J connectivity index is 1.19. The molecule has 6 rings (SSSR count). The lowest BCUT2D eigenvalue weighted by Gasteiger charge is -2.39. The molecule has 0 spiro atoms. The summed E-state index contributed by atoms with van der Waals surface area (Å²) in [5, 5.41) is 13.2. The predicted molar refractivity (Wildman–Crippen MR) is 122 cm³/mol. The maximum absolute atomic E-state index is 14.5. The Kier molecular flexibility index (Phi) is 5.51. The van der Waals surface area contributed by atoms with Crippen LogP contribution in [-0.4, -0.2) is 39.4 Å². The fourth-order valence-electron chi connectivity index (χ4n) is 5.55. The van der Waals surface area contributed by atoms with E-state index in [1.807, 2.05) is 0 Å². The largest absolute Gasteiger partial charge is 0.478 e. The van der Waals surface area contributed by atoms with Crippen LogP contribution in [0.4, 0.5) is 14.6 Å². The Morgan fingerprint density at radius 2 is 1.80 bits per heavy atom. The van der Waals surface area contributed by atoms with Crippen molar-refractivity contribution in [1.82, 2.24) is 10.1 Å². The molecule has 7 nitrogen and oxygen atoms in total. The van der Waals surface area contributed by atoms with Crippen molar-refractivity contribution >= 4 is 11.8 Å². The summed E-state index contributed by atoms with van der Waals surface area (Å²) in [6.45, 7) is 0.189. The zero-order chi connectivity index (χ0) is 24.1. The van der Waals surface area contributed by atoms with Crippen LogP contribution in [0.2, 0.25) is 0 Å². The summed E-state index contributed by atoms with van der Waals surface area (Å²) in [6, 6.07) is 7.62. The Morgan fingerprint density at radius 3 is 2.40 bits per heavy atom. The van der Waals surface area contributed by atoms with Gasteiger partial charge < -0.3 is 19.3 Å². The smallest absolute Gasteiger partial charge is 0.337 e. The number of benzene rings is 1. The van der Waals surface area contributed by atoms with Gasteiger partial charge in [-0.2, -0.15) is 0 Å². The first-order valence-corrected chi connectivity index (χ1v) is 12.0. The van der Waals surface area contributed by atoms with Gasteiger partial charge in [0.15, 0.2) is 0 Å². The van der Waals surface area contributed by atoms with Gasteiger partial charge in [0.2, 0.25) is 0 Å². The molecule has 0 radical (unpaired) electrons. The first kappa shape index (κ1) is 22.2. The fraction of sp³-hybridized carbons (Fsp3) is 0.423. The molecule has 4 heterocycles. The molecule has 2 aliphatic heterocycles. The van der Waals surface area contributed by atoms with Crippen molar-refractivity contribution in [3.63, 3.8) is 0 Å². The molecule has 2 bridgehead atoms. The number of nitrogens with zero attached hydrogens (tertiary/aromatic N) is 3. The zero-order valence-electron chi connectivity index (χ0n) is 19.0. The molecular formula is C26H25F2N3O4. The normalized spacial score (nSPS) is 23.6. The standard InChI is InChI=1S/C26H25F2N3O4/c27-20-2-1-3-21(28)23(20)24-19(25(35-30-24)14-4-5-14)13-34-18-10-16-7-8-17(11-18)31(16)22-9-6-15(12-29-22)26(32)33/h1-3,6,9,12,14,16-18H,4-5,7-8,10-11,13H2,(H,32,33)/t16-,17?,18?/m0/s1. The number of halogens is 2. The number of ether oxygens (including phenoxy) is 1. The second-order valence-corrected chi connectivity index (χ2v) is 9.65. The monoisotopic (exact) mass is 481 g/mol. The van der Waals surface area contributed by atoms with E-state index in [1.165, 1.54) is 24.4 Å². The van der Waals surface area contributed by atoms with Crippen LogP contribution in [0.1, 0.15) is 66.1 Å². The number of fused-ring (bicyclic) bond motifs is 2. The van der Waals surface area contributed by atoms with E-state index in [0.29, 0.717) is 11.3 Å². The number of aromatic nitrogens is 2. The summed E-state index contributed by atoms with van der Waals surface area (Å²) >= 11 is 0. The van der Waals surface area contributed by atoms with Gasteiger partial charge in [-0.1, -0.05) is 11.2 Å². The first-order chi connectivity index (χ1) is 17.0. The minimum atomic E-state index is -0.993. The third-order valence-electron chi connectivity index (χ3n) is 7.38. The van der Waals surface area contributed by atoms with Gasteiger partial charge in [-0.25, -0.2) is 18.6 Å². The van der Waals surface area contributed by atoms with Crippen LogP contribution in [-0.2, 0) is 11.3 Å². The summed E-state index contributed by atoms with van der Waals surface area (Å²) in [5.41, 5.74) is 0.817. The van der Waals surface area contributed by atoms with Gasteiger partial charge in [0.25, 0.3) is 0 Å². The molecule has 3 fully saturated rings. The van der Waals surface area contributed by atoms with Crippen molar-refractivity contribution in [2.24, 2.45) is 0 Å². The van der Waals surface area contributed by atoms with Crippen molar-refractivity contribution in [3.05, 3.63) is 65.1 Å². The summed E-state index contributed by atoms with van der Waals surface area (Å²) in [6.07, 6.45) is 6.95. The average Bonchev–Trinajstić information content (AvgIpc) is 3.55. The Bertz CT molecular complexity index is 1220. The number of carboxylic acid groups (broad SMARTS) is 1. The lowest BCUT2D eigenvalue weighted by molar-refractivity contribution is 0.0146. The van der Waals surface area contributed by atoms with Gasteiger partial charge in [-0.15, -0.1) is 0 Å². The molecular weight excluding hydrogens is 456 g/mol. The van der Waals surface area contributed by atoms with Crippen LogP contribution >= 0.6 is 0 Å². The molecule has 2 aromatic heterocycles. The minimum absolute atomic E-state index is 0.0117. The molecule has 1 N–H and O–H groups in total. The third kappa shape index (κ3) is 4.07. The van der Waals surface area contributed by atoms with E-state index in [1.54, 1.807) is 12.1 Å². The van der Waals surface area contributed by atoms with Crippen LogP contribution in [0.25, 0.3) is 11.3 Å². The summed E-state index contributed by atoms with van der Waals surface area (Å²) in [4.78, 5) is 17.8. The minimum Gasteiger partial charge on any atom is -0.478 e. The molecule has 3 atom stereocenters. The molecule has 2 unspecified atom stereocenters. The average molecular weight is 481 g/mol. The number of anilines is 1. The van der Waals surface area contributed by atoms with Crippen LogP contribution < -0.4 is 4.90 Å². The number of carbonyl (C=O) groups is 1. The van der Waals surface area contributed by atoms with Crippen molar-refractivity contribution < 1.29 is 27.9 Å². The van der Waals surface area contributed by atoms with Crippen LogP contribution in [0.15, 0.2) is 41.1 Å². The lowest BCUT2D eigenvalue weighted by atomic mass is 9.99. The van der Waals surface area contributed by atoms with Gasteiger partial charge in [0.05, 0.1) is 23.8 Å². The van der Waals surface area contributed by atoms with Crippen LogP contribution in [0.5, 0.6) is 0 Å². The highest BCUT2D eigenvalue weighted by Gasteiger charge is 2.42. The van der Waals surface area contributed by atoms with Crippen molar-refractivity contribution in [3.8, 4) is 11.3 Å². The van der Waals surface area contributed by atoms with Gasteiger partial charge in [0.1, 0.15) is 28.9 Å². The molecule has 2 saturated heterocycles. The van der Waals surface area contributed by atoms with Gasteiger partial charge in [-0.3, -0.25) is 0 Å². The molecule has 3 aromatic rings. The van der Waals surface area contributed by atoms with Crippen molar-refractivity contribution in [2.45, 2.75) is 69.2 Å². The molecule has 35 heavy (non-hydrogen) atoms. The van der Waals surface area contributed by atoms with Gasteiger partial charge >= 0.3 is 5.97 Å². The van der Waals surface area contributed by atoms with Crippen molar-refractivity contribution in [2.75, 3.05) is 4.90 Å². The quantitative estimate of drug-likeness (QED) is 0.489. The van der Waals surface area contributed by atoms with Gasteiger partial charge in [-0.05, 0) is 62.8 Å². The number of aromatic carboxylic acids is 1. The van der Waals surface area contributed by atoms with E-state index < -0.39 is 17.6 Å². The molecule has 1 aliphatic carbocycles. The molecule has 1 aromatic carbocycles. The highest BCUT2D eigenvalue weighted by Crippen LogP contribution is 2.45. The maximum Gasteiger partial charge on any atom is 0.337 e. The Labute approximate surface area is 200 Å². The molecule has 9 heteroatoms. The summed E-state index contributed by atoms with van der Waals surface area (Å²) < 4.78 is 40.9. The topological polar surface area (TPSA) is 88.7 Å². The molecule has 182 valence electrons. The maximum atomic E-state index is 14.5. The molecule has 0 amide bonds. The van der Waals surface area contributed by atoms with Crippen LogP contribution in [0, 0.1) is 11.6 Å². The second-order valence-electron chi connectivity index (χ2n) is 9.65. The summed E-state index contributed by atoms with van der Waals surface area (Å²) in [7, 11) is 0. The Hall–Kier alpha value is -3.33. The second kappa shape index (κ2) is 8.71. The van der Waals surface area contributed by atoms with Crippen molar-refractivity contribution in [1.29, 1.82) is 0 Å². The molecule has 3 aliphatic rings. The highest BCUT2D eigenvalue weighted by molar-refractivity contribution is 5.87. The van der Waals surface area contributed by atoms with E-state index in [2.05, 4.69) is 15.0 Å². The number of hydrogen-bond donors (Lipinski definition) is 1. The number of hydrogen-bond acceptors (Lipinski definition) is 6. The number of rotatable bonds is 7. The zero-order valence-corrected chi connectivity index (χ0v) is 19.0. The van der Waals surface area contributed by atoms with Crippen LogP contribution in [0.3, 0.4) is 0 Å². The van der Waals surface area contributed by atoms with Gasteiger partial charge in [0, 0.05) is 29.8 Å². The van der Waals surface area contributed by atoms with E-state index in [9.17, 15) is 13.6 Å². The lowest BCUT2D eigenvalue weighted by Crippen LogP contribution is -2.46. The SMILES string of the molecule is O=C(O)c1ccc(N2C3CC[C@H]2CC(OCc2c(-c4c(F)cccc4F)noc2C2CC2)C3)nc1. The highest BCUT2D eigenvalue weighted by atomic mass is 19.1.